The first-order chi connectivity index (χ1) is 14.3. The SMILES string of the molecule is CCCCCC1CCC(CC2CCC(CC3CCC(CCCC)CC3)CC2)CC1. The molecule has 3 aliphatic rings. The van der Waals surface area contributed by atoms with Gasteiger partial charge in [-0.2, -0.15) is 0 Å². The Morgan fingerprint density at radius 1 is 0.379 bits per heavy atom. The molecule has 0 heteroatoms. The zero-order chi connectivity index (χ0) is 20.3. The van der Waals surface area contributed by atoms with Gasteiger partial charge in [0.2, 0.25) is 0 Å². The summed E-state index contributed by atoms with van der Waals surface area (Å²) in [5.41, 5.74) is 0. The Morgan fingerprint density at radius 2 is 0.690 bits per heavy atom. The summed E-state index contributed by atoms with van der Waals surface area (Å²) >= 11 is 0. The molecule has 0 aromatic heterocycles. The Labute approximate surface area is 184 Å². The standard InChI is InChI=1S/C29H54/c1-3-5-7-9-25-12-16-27(17-13-25)23-29-20-18-28(19-21-29)22-26-14-10-24(11-15-26)8-6-4-2/h24-29H,3-23H2,1-2H3. The molecule has 0 aromatic rings. The van der Waals surface area contributed by atoms with E-state index in [0.717, 1.165) is 35.5 Å². The van der Waals surface area contributed by atoms with E-state index in [9.17, 15) is 0 Å². The average molecular weight is 403 g/mol. The maximum Gasteiger partial charge on any atom is -0.0411 e. The van der Waals surface area contributed by atoms with Crippen molar-refractivity contribution in [2.45, 2.75) is 149 Å². The summed E-state index contributed by atoms with van der Waals surface area (Å²) in [5.74, 6) is 6.56. The zero-order valence-corrected chi connectivity index (χ0v) is 20.3. The Hall–Kier alpha value is 0. The minimum absolute atomic E-state index is 1.09. The summed E-state index contributed by atoms with van der Waals surface area (Å²) < 4.78 is 0. The fraction of sp³-hybridized carbons (Fsp3) is 1.00. The Balaban J connectivity index is 1.24. The number of unbranched alkanes of at least 4 members (excludes halogenated alkanes) is 3. The maximum atomic E-state index is 2.35. The highest BCUT2D eigenvalue weighted by Crippen LogP contribution is 2.42. The van der Waals surface area contributed by atoms with Gasteiger partial charge in [-0.3, -0.25) is 0 Å². The highest BCUT2D eigenvalue weighted by molar-refractivity contribution is 4.81. The molecule has 0 aliphatic heterocycles. The maximum absolute atomic E-state index is 2.35. The first-order valence-corrected chi connectivity index (χ1v) is 14.3. The molecule has 0 radical (unpaired) electrons. The van der Waals surface area contributed by atoms with E-state index in [0.29, 0.717) is 0 Å². The van der Waals surface area contributed by atoms with Crippen molar-refractivity contribution in [1.29, 1.82) is 0 Å². The molecule has 0 N–H and O–H groups in total. The van der Waals surface area contributed by atoms with Crippen LogP contribution in [0.25, 0.3) is 0 Å². The lowest BCUT2D eigenvalue weighted by molar-refractivity contribution is 0.161. The fourth-order valence-electron chi connectivity index (χ4n) is 7.33. The first-order valence-electron chi connectivity index (χ1n) is 14.3. The fourth-order valence-corrected chi connectivity index (χ4v) is 7.33. The van der Waals surface area contributed by atoms with Gasteiger partial charge >= 0.3 is 0 Å². The van der Waals surface area contributed by atoms with Gasteiger partial charge < -0.3 is 0 Å². The summed E-state index contributed by atoms with van der Waals surface area (Å²) in [4.78, 5) is 0. The van der Waals surface area contributed by atoms with Crippen LogP contribution in [0.1, 0.15) is 149 Å². The molecule has 29 heavy (non-hydrogen) atoms. The highest BCUT2D eigenvalue weighted by atomic mass is 14.3. The lowest BCUT2D eigenvalue weighted by atomic mass is 9.70. The van der Waals surface area contributed by atoms with Crippen molar-refractivity contribution in [2.24, 2.45) is 35.5 Å². The molecule has 3 saturated carbocycles. The monoisotopic (exact) mass is 402 g/mol. The van der Waals surface area contributed by atoms with Crippen LogP contribution in [0.3, 0.4) is 0 Å². The summed E-state index contributed by atoms with van der Waals surface area (Å²) in [7, 11) is 0. The van der Waals surface area contributed by atoms with Gasteiger partial charge in [-0.1, -0.05) is 136 Å². The van der Waals surface area contributed by atoms with Crippen molar-refractivity contribution in [2.75, 3.05) is 0 Å². The second-order valence-electron chi connectivity index (χ2n) is 11.8. The molecule has 0 bridgehead atoms. The molecular weight excluding hydrogens is 348 g/mol. The third-order valence-electron chi connectivity index (χ3n) is 9.41. The van der Waals surface area contributed by atoms with Crippen LogP contribution in [0.15, 0.2) is 0 Å². The molecule has 0 saturated heterocycles. The molecule has 0 aromatic carbocycles. The van der Waals surface area contributed by atoms with Crippen molar-refractivity contribution in [3.8, 4) is 0 Å². The van der Waals surface area contributed by atoms with Gasteiger partial charge in [0, 0.05) is 0 Å². The van der Waals surface area contributed by atoms with Gasteiger partial charge in [-0.05, 0) is 48.3 Å². The smallest absolute Gasteiger partial charge is 0.0411 e. The van der Waals surface area contributed by atoms with Gasteiger partial charge in [0.1, 0.15) is 0 Å². The lowest BCUT2D eigenvalue weighted by Gasteiger charge is -2.36. The zero-order valence-electron chi connectivity index (χ0n) is 20.3. The van der Waals surface area contributed by atoms with Gasteiger partial charge in [0.05, 0.1) is 0 Å². The van der Waals surface area contributed by atoms with Crippen molar-refractivity contribution in [3.63, 3.8) is 0 Å². The number of hydrogen-bond donors (Lipinski definition) is 0. The highest BCUT2D eigenvalue weighted by Gasteiger charge is 2.29. The first kappa shape index (κ1) is 23.7. The minimum Gasteiger partial charge on any atom is -0.0654 e. The summed E-state index contributed by atoms with van der Waals surface area (Å²) in [5, 5.41) is 0. The second-order valence-corrected chi connectivity index (χ2v) is 11.8. The van der Waals surface area contributed by atoms with E-state index < -0.39 is 0 Å². The van der Waals surface area contributed by atoms with Crippen LogP contribution in [0.5, 0.6) is 0 Å². The van der Waals surface area contributed by atoms with Crippen LogP contribution in [0.2, 0.25) is 0 Å². The summed E-state index contributed by atoms with van der Waals surface area (Å²) in [6, 6.07) is 0. The molecule has 0 spiro atoms. The van der Waals surface area contributed by atoms with Crippen LogP contribution >= 0.6 is 0 Å². The molecule has 170 valence electrons. The Kier molecular flexibility index (Phi) is 10.9. The van der Waals surface area contributed by atoms with Gasteiger partial charge in [-0.15, -0.1) is 0 Å². The van der Waals surface area contributed by atoms with E-state index in [1.807, 2.05) is 0 Å². The molecule has 0 amide bonds. The topological polar surface area (TPSA) is 0 Å². The van der Waals surface area contributed by atoms with E-state index in [1.165, 1.54) is 44.9 Å². The van der Waals surface area contributed by atoms with E-state index in [2.05, 4.69) is 13.8 Å². The average Bonchev–Trinajstić information content (AvgIpc) is 2.76. The minimum atomic E-state index is 1.09. The molecule has 3 rings (SSSR count). The van der Waals surface area contributed by atoms with Gasteiger partial charge in [0.15, 0.2) is 0 Å². The predicted octanol–water partition coefficient (Wildman–Crippen LogP) is 9.96. The van der Waals surface area contributed by atoms with Crippen LogP contribution in [-0.4, -0.2) is 0 Å². The molecule has 0 atom stereocenters. The van der Waals surface area contributed by atoms with Crippen LogP contribution in [-0.2, 0) is 0 Å². The molecule has 3 fully saturated rings. The van der Waals surface area contributed by atoms with Crippen LogP contribution in [0.4, 0.5) is 0 Å². The quantitative estimate of drug-likeness (QED) is 0.301. The van der Waals surface area contributed by atoms with E-state index >= 15 is 0 Å². The third kappa shape index (κ3) is 8.57. The predicted molar refractivity (Wildman–Crippen MR) is 129 cm³/mol. The Morgan fingerprint density at radius 3 is 1.03 bits per heavy atom. The molecular formula is C29H54. The van der Waals surface area contributed by atoms with Crippen LogP contribution < -0.4 is 0 Å². The van der Waals surface area contributed by atoms with Crippen molar-refractivity contribution in [1.82, 2.24) is 0 Å². The summed E-state index contributed by atoms with van der Waals surface area (Å²) in [6.07, 6.45) is 32.3. The lowest BCUT2D eigenvalue weighted by Crippen LogP contribution is -2.23. The Bertz CT molecular complexity index is 388. The molecule has 0 nitrogen and oxygen atoms in total. The molecule has 0 unspecified atom stereocenters. The van der Waals surface area contributed by atoms with E-state index in [4.69, 9.17) is 0 Å². The third-order valence-corrected chi connectivity index (χ3v) is 9.41. The van der Waals surface area contributed by atoms with Crippen LogP contribution in [0, 0.1) is 35.5 Å². The normalized spacial score (nSPS) is 36.2. The number of rotatable bonds is 11. The van der Waals surface area contributed by atoms with Crippen molar-refractivity contribution >= 4 is 0 Å². The van der Waals surface area contributed by atoms with Crippen molar-refractivity contribution < 1.29 is 0 Å². The van der Waals surface area contributed by atoms with E-state index in [-0.39, 0.29) is 0 Å². The molecule has 3 aliphatic carbocycles. The van der Waals surface area contributed by atoms with Gasteiger partial charge in [0.25, 0.3) is 0 Å². The molecule has 0 heterocycles. The second kappa shape index (κ2) is 13.4. The van der Waals surface area contributed by atoms with Gasteiger partial charge in [-0.25, -0.2) is 0 Å². The van der Waals surface area contributed by atoms with Crippen molar-refractivity contribution in [3.05, 3.63) is 0 Å². The summed E-state index contributed by atoms with van der Waals surface area (Å²) in [6.45, 7) is 4.69. The van der Waals surface area contributed by atoms with E-state index in [1.54, 1.807) is 89.9 Å². The number of hydrogen-bond acceptors (Lipinski definition) is 0. The largest absolute Gasteiger partial charge is 0.0654 e.